The Morgan fingerprint density at radius 2 is 2.19 bits per heavy atom. The van der Waals surface area contributed by atoms with Crippen molar-refractivity contribution < 1.29 is 19.1 Å². The Bertz CT molecular complexity index is 477. The summed E-state index contributed by atoms with van der Waals surface area (Å²) in [5.41, 5.74) is -0.308. The van der Waals surface area contributed by atoms with E-state index >= 15 is 0 Å². The van der Waals surface area contributed by atoms with Crippen molar-refractivity contribution in [3.05, 3.63) is 29.6 Å². The third kappa shape index (κ3) is 2.82. The van der Waals surface area contributed by atoms with Crippen LogP contribution < -0.4 is 5.32 Å². The smallest absolute Gasteiger partial charge is 0.338 e. The number of halogens is 1. The van der Waals surface area contributed by atoms with Crippen molar-refractivity contribution in [1.29, 1.82) is 0 Å². The quantitative estimate of drug-likeness (QED) is 0.760. The van der Waals surface area contributed by atoms with Crippen LogP contribution in [0.3, 0.4) is 0 Å². The number of carboxylic acids is 1. The Labute approximate surface area is 91.1 Å². The number of aromatic carboxylic acids is 1. The Balaban J connectivity index is 2.92. The minimum absolute atomic E-state index is 0.125. The first-order valence-corrected chi connectivity index (χ1v) is 4.30. The lowest BCUT2D eigenvalue weighted by Crippen LogP contribution is -2.11. The zero-order valence-electron chi connectivity index (χ0n) is 8.16. The molecule has 0 aliphatic rings. The molecule has 0 heterocycles. The molecule has 0 unspecified atom stereocenters. The van der Waals surface area contributed by atoms with Crippen molar-refractivity contribution in [3.8, 4) is 12.3 Å². The van der Waals surface area contributed by atoms with Crippen molar-refractivity contribution >= 4 is 17.6 Å². The Hall–Kier alpha value is -2.35. The van der Waals surface area contributed by atoms with E-state index in [9.17, 15) is 14.0 Å². The number of hydrogen-bond donors (Lipinski definition) is 2. The molecule has 82 valence electrons. The van der Waals surface area contributed by atoms with E-state index in [0.29, 0.717) is 0 Å². The number of benzene rings is 1. The van der Waals surface area contributed by atoms with Crippen molar-refractivity contribution in [2.45, 2.75) is 6.42 Å². The highest BCUT2D eigenvalue weighted by Gasteiger charge is 2.11. The van der Waals surface area contributed by atoms with Crippen LogP contribution >= 0.6 is 0 Å². The largest absolute Gasteiger partial charge is 0.478 e. The second kappa shape index (κ2) is 4.94. The standard InChI is InChI=1S/C11H8FNO3/c1-2-3-10(14)13-7-4-5-9(12)8(6-7)11(15)16/h1,4-6H,3H2,(H,13,14)(H,15,16). The van der Waals surface area contributed by atoms with Gasteiger partial charge in [-0.3, -0.25) is 4.79 Å². The number of carbonyl (C=O) groups is 2. The van der Waals surface area contributed by atoms with E-state index in [1.807, 2.05) is 0 Å². The first-order valence-electron chi connectivity index (χ1n) is 4.30. The van der Waals surface area contributed by atoms with Gasteiger partial charge < -0.3 is 10.4 Å². The van der Waals surface area contributed by atoms with Crippen LogP contribution in [0.15, 0.2) is 18.2 Å². The van der Waals surface area contributed by atoms with E-state index in [1.54, 1.807) is 0 Å². The van der Waals surface area contributed by atoms with E-state index in [1.165, 1.54) is 6.07 Å². The molecule has 0 aromatic heterocycles. The van der Waals surface area contributed by atoms with Crippen LogP contribution in [0.5, 0.6) is 0 Å². The molecular weight excluding hydrogens is 213 g/mol. The van der Waals surface area contributed by atoms with Crippen molar-refractivity contribution in [1.82, 2.24) is 0 Å². The summed E-state index contributed by atoms with van der Waals surface area (Å²) < 4.78 is 13.0. The SMILES string of the molecule is C#CCC(=O)Nc1ccc(F)c(C(=O)O)c1. The van der Waals surface area contributed by atoms with Crippen LogP contribution in [-0.4, -0.2) is 17.0 Å². The van der Waals surface area contributed by atoms with Gasteiger partial charge in [0.1, 0.15) is 5.82 Å². The molecule has 5 heteroatoms. The highest BCUT2D eigenvalue weighted by molar-refractivity contribution is 5.94. The van der Waals surface area contributed by atoms with Gasteiger partial charge in [0.05, 0.1) is 12.0 Å². The molecule has 0 saturated heterocycles. The Morgan fingerprint density at radius 1 is 1.50 bits per heavy atom. The number of carboxylic acid groups (broad SMARTS) is 1. The van der Waals surface area contributed by atoms with E-state index in [2.05, 4.69) is 11.2 Å². The van der Waals surface area contributed by atoms with Crippen LogP contribution in [0, 0.1) is 18.2 Å². The molecule has 1 aromatic carbocycles. The predicted molar refractivity (Wildman–Crippen MR) is 55.4 cm³/mol. The average molecular weight is 221 g/mol. The first kappa shape index (κ1) is 11.7. The second-order valence-electron chi connectivity index (χ2n) is 2.93. The number of hydrogen-bond acceptors (Lipinski definition) is 2. The van der Waals surface area contributed by atoms with Gasteiger partial charge >= 0.3 is 5.97 Å². The fourth-order valence-electron chi connectivity index (χ4n) is 1.06. The molecule has 0 fully saturated rings. The average Bonchev–Trinajstić information content (AvgIpc) is 2.21. The summed E-state index contributed by atoms with van der Waals surface area (Å²) >= 11 is 0. The van der Waals surface area contributed by atoms with Gasteiger partial charge in [0, 0.05) is 5.69 Å². The monoisotopic (exact) mass is 221 g/mol. The van der Waals surface area contributed by atoms with Gasteiger partial charge in [0.25, 0.3) is 0 Å². The number of rotatable bonds is 3. The van der Waals surface area contributed by atoms with Crippen molar-refractivity contribution in [3.63, 3.8) is 0 Å². The predicted octanol–water partition coefficient (Wildman–Crippen LogP) is 1.49. The highest BCUT2D eigenvalue weighted by Crippen LogP contribution is 2.14. The number of amides is 1. The van der Waals surface area contributed by atoms with E-state index in [0.717, 1.165) is 12.1 Å². The molecule has 0 saturated carbocycles. The van der Waals surface area contributed by atoms with Gasteiger partial charge in [-0.2, -0.15) is 0 Å². The number of anilines is 1. The normalized spacial score (nSPS) is 9.25. The summed E-state index contributed by atoms with van der Waals surface area (Å²) in [5.74, 6) is -0.576. The molecule has 0 aliphatic carbocycles. The number of nitrogens with one attached hydrogen (secondary N) is 1. The van der Waals surface area contributed by atoms with Crippen LogP contribution in [-0.2, 0) is 4.79 Å². The van der Waals surface area contributed by atoms with E-state index < -0.39 is 23.3 Å². The molecule has 1 aromatic rings. The molecule has 0 spiro atoms. The minimum Gasteiger partial charge on any atom is -0.478 e. The maximum absolute atomic E-state index is 13.0. The molecule has 0 atom stereocenters. The van der Waals surface area contributed by atoms with Crippen LogP contribution in [0.2, 0.25) is 0 Å². The summed E-state index contributed by atoms with van der Waals surface area (Å²) in [5, 5.41) is 11.0. The summed E-state index contributed by atoms with van der Waals surface area (Å²) in [6, 6.07) is 3.26. The Morgan fingerprint density at radius 3 is 2.75 bits per heavy atom. The maximum atomic E-state index is 13.0. The zero-order valence-corrected chi connectivity index (χ0v) is 8.16. The molecule has 4 nitrogen and oxygen atoms in total. The lowest BCUT2D eigenvalue weighted by molar-refractivity contribution is -0.115. The molecular formula is C11H8FNO3. The molecule has 1 amide bonds. The van der Waals surface area contributed by atoms with Crippen LogP contribution in [0.1, 0.15) is 16.8 Å². The van der Waals surface area contributed by atoms with Gasteiger partial charge in [-0.1, -0.05) is 5.92 Å². The molecule has 16 heavy (non-hydrogen) atoms. The molecule has 0 bridgehead atoms. The van der Waals surface area contributed by atoms with Crippen LogP contribution in [0.4, 0.5) is 10.1 Å². The lowest BCUT2D eigenvalue weighted by atomic mass is 10.2. The highest BCUT2D eigenvalue weighted by atomic mass is 19.1. The van der Waals surface area contributed by atoms with E-state index in [4.69, 9.17) is 11.5 Å². The van der Waals surface area contributed by atoms with Gasteiger partial charge in [-0.15, -0.1) is 6.42 Å². The Kier molecular flexibility index (Phi) is 3.62. The van der Waals surface area contributed by atoms with Gasteiger partial charge in [0.2, 0.25) is 5.91 Å². The third-order valence-electron chi connectivity index (χ3n) is 1.74. The van der Waals surface area contributed by atoms with Gasteiger partial charge in [-0.25, -0.2) is 9.18 Å². The molecule has 0 radical (unpaired) electrons. The summed E-state index contributed by atoms with van der Waals surface area (Å²) in [6.45, 7) is 0. The van der Waals surface area contributed by atoms with Crippen molar-refractivity contribution in [2.75, 3.05) is 5.32 Å². The van der Waals surface area contributed by atoms with E-state index in [-0.39, 0.29) is 12.1 Å². The molecule has 0 aliphatic heterocycles. The van der Waals surface area contributed by atoms with Gasteiger partial charge in [-0.05, 0) is 18.2 Å². The second-order valence-corrected chi connectivity index (χ2v) is 2.93. The van der Waals surface area contributed by atoms with Gasteiger partial charge in [0.15, 0.2) is 0 Å². The summed E-state index contributed by atoms with van der Waals surface area (Å²) in [6.07, 6.45) is 4.80. The minimum atomic E-state index is -1.40. The zero-order chi connectivity index (χ0) is 12.1. The fraction of sp³-hybridized carbons (Fsp3) is 0.0909. The third-order valence-corrected chi connectivity index (χ3v) is 1.74. The number of terminal acetylenes is 1. The summed E-state index contributed by atoms with van der Waals surface area (Å²) in [4.78, 5) is 21.7. The topological polar surface area (TPSA) is 66.4 Å². The molecule has 2 N–H and O–H groups in total. The van der Waals surface area contributed by atoms with Crippen LogP contribution in [0.25, 0.3) is 0 Å². The summed E-state index contributed by atoms with van der Waals surface area (Å²) in [7, 11) is 0. The van der Waals surface area contributed by atoms with Crippen molar-refractivity contribution in [2.24, 2.45) is 0 Å². The first-order chi connectivity index (χ1) is 7.54. The molecule has 1 rings (SSSR count). The number of carbonyl (C=O) groups excluding carboxylic acids is 1. The lowest BCUT2D eigenvalue weighted by Gasteiger charge is -2.04. The fourth-order valence-corrected chi connectivity index (χ4v) is 1.06. The maximum Gasteiger partial charge on any atom is 0.338 e.